The molecule has 10 nitrogen and oxygen atoms in total. The van der Waals surface area contributed by atoms with Crippen molar-refractivity contribution >= 4 is 33.2 Å². The minimum absolute atomic E-state index is 0.0251. The topological polar surface area (TPSA) is 130 Å². The van der Waals surface area contributed by atoms with E-state index in [4.69, 9.17) is 0 Å². The van der Waals surface area contributed by atoms with Crippen molar-refractivity contribution in [3.05, 3.63) is 100 Å². The zero-order valence-electron chi connectivity index (χ0n) is 20.1. The third kappa shape index (κ3) is 6.47. The first-order valence-corrected chi connectivity index (χ1v) is 12.6. The summed E-state index contributed by atoms with van der Waals surface area (Å²) in [7, 11) is -2.87. The Labute approximate surface area is 213 Å². The number of nitro benzene ring substituents is 1. The van der Waals surface area contributed by atoms with E-state index in [1.54, 1.807) is 6.07 Å². The molecule has 3 aromatic carbocycles. The molecule has 3 aromatic rings. The molecule has 3 rings (SSSR count). The predicted octanol–water partition coefficient (Wildman–Crippen LogP) is 3.09. The van der Waals surface area contributed by atoms with Gasteiger partial charge in [-0.3, -0.25) is 24.0 Å². The molecule has 0 fully saturated rings. The molecule has 0 bridgehead atoms. The van der Waals surface area contributed by atoms with Gasteiger partial charge in [0.2, 0.25) is 11.8 Å². The van der Waals surface area contributed by atoms with Gasteiger partial charge in [-0.15, -0.1) is 0 Å². The first-order chi connectivity index (χ1) is 17.5. The number of rotatable bonds is 10. The molecule has 0 aromatic heterocycles. The predicted molar refractivity (Wildman–Crippen MR) is 135 cm³/mol. The van der Waals surface area contributed by atoms with Crippen LogP contribution in [0, 0.1) is 15.9 Å². The van der Waals surface area contributed by atoms with Crippen molar-refractivity contribution in [2.45, 2.75) is 24.4 Å². The zero-order chi connectivity index (χ0) is 27.2. The molecule has 0 aliphatic heterocycles. The molecule has 1 atom stereocenters. The number of likely N-dealkylation sites (N-methyl/N-ethyl adjacent to an activating group) is 1. The number of benzene rings is 3. The van der Waals surface area contributed by atoms with Crippen LogP contribution in [0.2, 0.25) is 0 Å². The summed E-state index contributed by atoms with van der Waals surface area (Å²) in [4.78, 5) is 37.5. The number of nitrogens with one attached hydrogen (secondary N) is 1. The van der Waals surface area contributed by atoms with Crippen molar-refractivity contribution in [3.8, 4) is 0 Å². The molecule has 194 valence electrons. The van der Waals surface area contributed by atoms with E-state index in [0.717, 1.165) is 16.4 Å². The van der Waals surface area contributed by atoms with Crippen molar-refractivity contribution in [1.82, 2.24) is 10.2 Å². The Morgan fingerprint density at radius 3 is 2.14 bits per heavy atom. The fourth-order valence-electron chi connectivity index (χ4n) is 3.57. The summed E-state index contributed by atoms with van der Waals surface area (Å²) in [5.74, 6) is -1.67. The third-order valence-corrected chi connectivity index (χ3v) is 7.43. The summed E-state index contributed by atoms with van der Waals surface area (Å²) >= 11 is 0. The Morgan fingerprint density at radius 1 is 1.00 bits per heavy atom. The molecule has 0 saturated heterocycles. The Kier molecular flexibility index (Phi) is 8.56. The maximum atomic E-state index is 13.6. The van der Waals surface area contributed by atoms with Crippen LogP contribution in [0.15, 0.2) is 83.8 Å². The van der Waals surface area contributed by atoms with Crippen LogP contribution >= 0.6 is 0 Å². The summed E-state index contributed by atoms with van der Waals surface area (Å²) in [5, 5.41) is 13.5. The van der Waals surface area contributed by atoms with Crippen molar-refractivity contribution in [2.24, 2.45) is 0 Å². The summed E-state index contributed by atoms with van der Waals surface area (Å²) in [6.07, 6.45) is 0. The van der Waals surface area contributed by atoms with Gasteiger partial charge in [-0.25, -0.2) is 12.8 Å². The second-order valence-corrected chi connectivity index (χ2v) is 9.90. The van der Waals surface area contributed by atoms with Gasteiger partial charge in [-0.1, -0.05) is 30.3 Å². The summed E-state index contributed by atoms with van der Waals surface area (Å²) in [5.41, 5.74) is 0.300. The van der Waals surface area contributed by atoms with E-state index in [2.05, 4.69) is 5.32 Å². The molecule has 0 aliphatic carbocycles. The van der Waals surface area contributed by atoms with E-state index in [9.17, 15) is 32.5 Å². The molecule has 0 unspecified atom stereocenters. The number of non-ortho nitro benzene ring substituents is 1. The molecule has 37 heavy (non-hydrogen) atoms. The number of nitro groups is 1. The highest BCUT2D eigenvalue weighted by Crippen LogP contribution is 2.26. The first kappa shape index (κ1) is 27.3. The number of halogens is 1. The third-order valence-electron chi connectivity index (χ3n) is 5.64. The number of carbonyl (C=O) groups excluding carboxylic acids is 2. The van der Waals surface area contributed by atoms with Crippen molar-refractivity contribution in [1.29, 1.82) is 0 Å². The molecular formula is C25H25FN4O6S. The van der Waals surface area contributed by atoms with Crippen LogP contribution in [0.3, 0.4) is 0 Å². The fraction of sp³-hybridized carbons (Fsp3) is 0.200. The smallest absolute Gasteiger partial charge is 0.269 e. The van der Waals surface area contributed by atoms with E-state index < -0.39 is 45.2 Å². The zero-order valence-corrected chi connectivity index (χ0v) is 20.9. The maximum absolute atomic E-state index is 13.6. The van der Waals surface area contributed by atoms with Crippen LogP contribution in [0.1, 0.15) is 12.5 Å². The largest absolute Gasteiger partial charge is 0.357 e. The monoisotopic (exact) mass is 528 g/mol. The average molecular weight is 529 g/mol. The quantitative estimate of drug-likeness (QED) is 0.318. The highest BCUT2D eigenvalue weighted by molar-refractivity contribution is 7.92. The summed E-state index contributed by atoms with van der Waals surface area (Å²) in [6, 6.07) is 16.5. The lowest BCUT2D eigenvalue weighted by Crippen LogP contribution is -2.50. The molecule has 1 N–H and O–H groups in total. The molecule has 12 heteroatoms. The van der Waals surface area contributed by atoms with Crippen molar-refractivity contribution in [3.63, 3.8) is 0 Å². The Hall–Kier alpha value is -4.32. The van der Waals surface area contributed by atoms with Gasteiger partial charge >= 0.3 is 0 Å². The molecule has 2 amide bonds. The van der Waals surface area contributed by atoms with Crippen molar-refractivity contribution in [2.75, 3.05) is 17.9 Å². The lowest BCUT2D eigenvalue weighted by Gasteiger charge is -2.31. The van der Waals surface area contributed by atoms with Gasteiger partial charge in [-0.2, -0.15) is 0 Å². The molecule has 0 aliphatic rings. The first-order valence-electron chi connectivity index (χ1n) is 11.1. The summed E-state index contributed by atoms with van der Waals surface area (Å²) in [6.45, 7) is 0.701. The molecule has 0 radical (unpaired) electrons. The maximum Gasteiger partial charge on any atom is 0.269 e. The van der Waals surface area contributed by atoms with Crippen LogP contribution in [-0.2, 0) is 26.2 Å². The lowest BCUT2D eigenvalue weighted by atomic mass is 10.1. The Bertz CT molecular complexity index is 1370. The Balaban J connectivity index is 2.03. The number of hydrogen-bond donors (Lipinski definition) is 1. The average Bonchev–Trinajstić information content (AvgIpc) is 2.90. The molecular weight excluding hydrogens is 503 g/mol. The lowest BCUT2D eigenvalue weighted by molar-refractivity contribution is -0.384. The Morgan fingerprint density at radius 2 is 1.59 bits per heavy atom. The minimum Gasteiger partial charge on any atom is -0.357 e. The fourth-order valence-corrected chi connectivity index (χ4v) is 5.00. The number of hydrogen-bond acceptors (Lipinski definition) is 6. The SMILES string of the molecule is CNC(=O)[C@H](C)N(Cc1ccc(F)cc1)C(=O)CN(c1ccc([N+](=O)[O-])cc1)S(=O)(=O)c1ccccc1. The molecule has 0 heterocycles. The number of nitrogens with zero attached hydrogens (tertiary/aromatic N) is 3. The summed E-state index contributed by atoms with van der Waals surface area (Å²) < 4.78 is 41.4. The van der Waals surface area contributed by atoms with Crippen LogP contribution in [-0.4, -0.2) is 49.7 Å². The van der Waals surface area contributed by atoms with Crippen LogP contribution in [0.25, 0.3) is 0 Å². The van der Waals surface area contributed by atoms with Crippen LogP contribution in [0.4, 0.5) is 15.8 Å². The number of amides is 2. The minimum atomic E-state index is -4.28. The highest BCUT2D eigenvalue weighted by atomic mass is 32.2. The van der Waals surface area contributed by atoms with E-state index in [1.807, 2.05) is 0 Å². The molecule has 0 saturated carbocycles. The van der Waals surface area contributed by atoms with Gasteiger partial charge in [0.25, 0.3) is 15.7 Å². The number of anilines is 1. The standard InChI is InChI=1S/C25H25FN4O6S/c1-18(25(32)27-2)28(16-19-8-10-20(26)11-9-19)24(31)17-29(21-12-14-22(15-13-21)30(33)34)37(35,36)23-6-4-3-5-7-23/h3-15,18H,16-17H2,1-2H3,(H,27,32)/t18-/m0/s1. The van der Waals surface area contributed by atoms with Gasteiger partial charge in [0.05, 0.1) is 15.5 Å². The molecule has 0 spiro atoms. The van der Waals surface area contributed by atoms with Gasteiger partial charge in [0, 0.05) is 25.7 Å². The second-order valence-electron chi connectivity index (χ2n) is 8.04. The van der Waals surface area contributed by atoms with Crippen molar-refractivity contribution < 1.29 is 27.3 Å². The second kappa shape index (κ2) is 11.6. The normalized spacial score (nSPS) is 11.9. The van der Waals surface area contributed by atoms with E-state index in [1.165, 1.54) is 79.5 Å². The van der Waals surface area contributed by atoms with Gasteiger partial charge in [0.1, 0.15) is 18.4 Å². The number of carbonyl (C=O) groups is 2. The number of sulfonamides is 1. The van der Waals surface area contributed by atoms with Gasteiger partial charge in [-0.05, 0) is 48.9 Å². The van der Waals surface area contributed by atoms with Crippen LogP contribution < -0.4 is 9.62 Å². The van der Waals surface area contributed by atoms with Gasteiger partial charge in [0.15, 0.2) is 0 Å². The van der Waals surface area contributed by atoms with Gasteiger partial charge < -0.3 is 10.2 Å². The van der Waals surface area contributed by atoms with E-state index >= 15 is 0 Å². The van der Waals surface area contributed by atoms with E-state index in [-0.39, 0.29) is 22.8 Å². The van der Waals surface area contributed by atoms with Crippen LogP contribution in [0.5, 0.6) is 0 Å². The van der Waals surface area contributed by atoms with E-state index in [0.29, 0.717) is 5.56 Å². The highest BCUT2D eigenvalue weighted by Gasteiger charge is 2.32.